The minimum Gasteiger partial charge on any atom is -0.341 e. The molecular weight excluding hydrogens is 226 g/mol. The van der Waals surface area contributed by atoms with Crippen LogP contribution < -0.4 is 0 Å². The Bertz CT molecular complexity index is 347. The molecule has 0 aliphatic rings. The number of alkyl halides is 1. The maximum atomic E-state index is 12.1. The van der Waals surface area contributed by atoms with E-state index in [1.54, 1.807) is 12.5 Å². The summed E-state index contributed by atoms with van der Waals surface area (Å²) >= 11 is 5.78. The lowest BCUT2D eigenvalue weighted by Crippen LogP contribution is -2.36. The second-order valence-electron chi connectivity index (χ2n) is 3.61. The molecule has 0 saturated carbocycles. The Morgan fingerprint density at radius 3 is 2.69 bits per heavy atom. The van der Waals surface area contributed by atoms with Crippen molar-refractivity contribution in [3.05, 3.63) is 18.2 Å². The fourth-order valence-corrected chi connectivity index (χ4v) is 1.91. The molecule has 0 radical (unpaired) electrons. The van der Waals surface area contributed by atoms with Crippen LogP contribution in [0.3, 0.4) is 0 Å². The number of rotatable bonds is 5. The van der Waals surface area contributed by atoms with Crippen molar-refractivity contribution in [2.45, 2.75) is 32.7 Å². The maximum absolute atomic E-state index is 12.1. The van der Waals surface area contributed by atoms with Gasteiger partial charge in [0.05, 0.1) is 17.9 Å². The molecule has 1 aromatic heterocycles. The number of imidazole rings is 1. The Balaban J connectivity index is 2.85. The van der Waals surface area contributed by atoms with E-state index in [-0.39, 0.29) is 11.9 Å². The van der Waals surface area contributed by atoms with Crippen LogP contribution in [0.25, 0.3) is 0 Å². The highest BCUT2D eigenvalue weighted by molar-refractivity contribution is 6.16. The van der Waals surface area contributed by atoms with Gasteiger partial charge in [0.2, 0.25) is 5.91 Å². The fraction of sp³-hybridized carbons (Fsp3) is 0.636. The summed E-state index contributed by atoms with van der Waals surface area (Å²) in [5, 5.41) is 0. The topological polar surface area (TPSA) is 38.1 Å². The van der Waals surface area contributed by atoms with E-state index in [0.29, 0.717) is 5.88 Å². The molecule has 4 nitrogen and oxygen atoms in total. The zero-order valence-corrected chi connectivity index (χ0v) is 10.7. The number of likely N-dealkylation sites (N-methyl/N-ethyl adjacent to an activating group) is 1. The third kappa shape index (κ3) is 2.55. The van der Waals surface area contributed by atoms with Crippen LogP contribution in [0.1, 0.15) is 32.5 Å². The van der Waals surface area contributed by atoms with Crippen LogP contribution in [0.15, 0.2) is 12.5 Å². The van der Waals surface area contributed by atoms with Gasteiger partial charge in [-0.3, -0.25) is 4.79 Å². The number of nitrogens with zero attached hydrogens (tertiary/aromatic N) is 3. The highest BCUT2D eigenvalue weighted by Crippen LogP contribution is 2.14. The minimum atomic E-state index is -0.240. The number of hydrogen-bond donors (Lipinski definition) is 0. The van der Waals surface area contributed by atoms with Crippen molar-refractivity contribution in [2.24, 2.45) is 0 Å². The summed E-state index contributed by atoms with van der Waals surface area (Å²) in [5.41, 5.74) is 0.870. The first-order valence-corrected chi connectivity index (χ1v) is 6.04. The van der Waals surface area contributed by atoms with Gasteiger partial charge in [-0.15, -0.1) is 11.6 Å². The first-order valence-electron chi connectivity index (χ1n) is 5.51. The van der Waals surface area contributed by atoms with Gasteiger partial charge >= 0.3 is 0 Å². The van der Waals surface area contributed by atoms with E-state index in [0.717, 1.165) is 18.8 Å². The summed E-state index contributed by atoms with van der Waals surface area (Å²) in [4.78, 5) is 17.9. The molecule has 0 bridgehead atoms. The Hall–Kier alpha value is -1.03. The van der Waals surface area contributed by atoms with Crippen LogP contribution in [-0.2, 0) is 10.7 Å². The zero-order valence-electron chi connectivity index (χ0n) is 9.98. The van der Waals surface area contributed by atoms with Crippen molar-refractivity contribution in [1.29, 1.82) is 0 Å². The van der Waals surface area contributed by atoms with E-state index in [4.69, 9.17) is 11.6 Å². The second-order valence-corrected chi connectivity index (χ2v) is 3.88. The summed E-state index contributed by atoms with van der Waals surface area (Å²) in [6.45, 7) is 7.28. The molecule has 0 aromatic carbocycles. The van der Waals surface area contributed by atoms with Crippen LogP contribution in [0.2, 0.25) is 0 Å². The second kappa shape index (κ2) is 5.89. The summed E-state index contributed by atoms with van der Waals surface area (Å²) in [5.74, 6) is 0.477. The van der Waals surface area contributed by atoms with Crippen molar-refractivity contribution >= 4 is 17.5 Å². The molecule has 1 amide bonds. The summed E-state index contributed by atoms with van der Waals surface area (Å²) in [6.07, 6.45) is 3.35. The van der Waals surface area contributed by atoms with E-state index in [2.05, 4.69) is 4.98 Å². The standard InChI is InChI=1S/C11H18ClN3O/c1-4-14(5-2)11(16)9(3)15-8-13-7-10(15)6-12/h7-9H,4-6H2,1-3H3. The molecule has 5 heteroatoms. The maximum Gasteiger partial charge on any atom is 0.245 e. The zero-order chi connectivity index (χ0) is 12.1. The number of carbonyl (C=O) groups is 1. The van der Waals surface area contributed by atoms with Gasteiger partial charge in [-0.25, -0.2) is 4.98 Å². The molecule has 90 valence electrons. The molecule has 16 heavy (non-hydrogen) atoms. The van der Waals surface area contributed by atoms with Crippen LogP contribution in [-0.4, -0.2) is 33.4 Å². The molecule has 0 N–H and O–H groups in total. The molecule has 0 aliphatic heterocycles. The summed E-state index contributed by atoms with van der Waals surface area (Å²) in [6, 6.07) is -0.240. The van der Waals surface area contributed by atoms with E-state index in [1.165, 1.54) is 0 Å². The SMILES string of the molecule is CCN(CC)C(=O)C(C)n1cncc1CCl. The van der Waals surface area contributed by atoms with Crippen molar-refractivity contribution in [1.82, 2.24) is 14.5 Å². The van der Waals surface area contributed by atoms with Crippen molar-refractivity contribution in [2.75, 3.05) is 13.1 Å². The van der Waals surface area contributed by atoms with Crippen LogP contribution in [0, 0.1) is 0 Å². The van der Waals surface area contributed by atoms with Gasteiger partial charge < -0.3 is 9.47 Å². The van der Waals surface area contributed by atoms with Gasteiger partial charge in [0.15, 0.2) is 0 Å². The van der Waals surface area contributed by atoms with Gasteiger partial charge in [0, 0.05) is 19.3 Å². The van der Waals surface area contributed by atoms with Gasteiger partial charge in [-0.1, -0.05) is 0 Å². The Kier molecular flexibility index (Phi) is 4.80. The normalized spacial score (nSPS) is 12.5. The Morgan fingerprint density at radius 2 is 2.19 bits per heavy atom. The average Bonchev–Trinajstić information content (AvgIpc) is 2.77. The lowest BCUT2D eigenvalue weighted by atomic mass is 10.2. The van der Waals surface area contributed by atoms with Crippen LogP contribution >= 0.6 is 11.6 Å². The number of amides is 1. The van der Waals surface area contributed by atoms with Crippen molar-refractivity contribution < 1.29 is 4.79 Å². The summed E-state index contributed by atoms with van der Waals surface area (Å²) in [7, 11) is 0. The highest BCUT2D eigenvalue weighted by Gasteiger charge is 2.20. The Morgan fingerprint density at radius 1 is 1.56 bits per heavy atom. The lowest BCUT2D eigenvalue weighted by Gasteiger charge is -2.24. The molecule has 0 spiro atoms. The van der Waals surface area contributed by atoms with Crippen molar-refractivity contribution in [3.8, 4) is 0 Å². The molecule has 0 aliphatic carbocycles. The Labute approximate surface area is 101 Å². The molecular formula is C11H18ClN3O. The quantitative estimate of drug-likeness (QED) is 0.743. The minimum absolute atomic E-state index is 0.106. The van der Waals surface area contributed by atoms with E-state index in [1.807, 2.05) is 30.2 Å². The first kappa shape index (κ1) is 13.0. The fourth-order valence-electron chi connectivity index (χ4n) is 1.70. The molecule has 0 saturated heterocycles. The largest absolute Gasteiger partial charge is 0.341 e. The van der Waals surface area contributed by atoms with E-state index in [9.17, 15) is 4.79 Å². The van der Waals surface area contributed by atoms with Gasteiger partial charge in [0.25, 0.3) is 0 Å². The number of hydrogen-bond acceptors (Lipinski definition) is 2. The average molecular weight is 244 g/mol. The van der Waals surface area contributed by atoms with Crippen LogP contribution in [0.4, 0.5) is 0 Å². The van der Waals surface area contributed by atoms with Gasteiger partial charge in [-0.2, -0.15) is 0 Å². The molecule has 1 rings (SSSR count). The summed E-state index contributed by atoms with van der Waals surface area (Å²) < 4.78 is 1.83. The van der Waals surface area contributed by atoms with Crippen molar-refractivity contribution in [3.63, 3.8) is 0 Å². The molecule has 0 fully saturated rings. The third-order valence-electron chi connectivity index (χ3n) is 2.73. The predicted octanol–water partition coefficient (Wildman–Crippen LogP) is 2.05. The number of carbonyl (C=O) groups excluding carboxylic acids is 1. The van der Waals surface area contributed by atoms with E-state index >= 15 is 0 Å². The molecule has 1 heterocycles. The first-order chi connectivity index (χ1) is 7.65. The van der Waals surface area contributed by atoms with Gasteiger partial charge in [0.1, 0.15) is 6.04 Å². The number of halogens is 1. The molecule has 1 unspecified atom stereocenters. The molecule has 1 atom stereocenters. The predicted molar refractivity (Wildman–Crippen MR) is 64.4 cm³/mol. The van der Waals surface area contributed by atoms with Crippen LogP contribution in [0.5, 0.6) is 0 Å². The van der Waals surface area contributed by atoms with E-state index < -0.39 is 0 Å². The highest BCUT2D eigenvalue weighted by atomic mass is 35.5. The lowest BCUT2D eigenvalue weighted by molar-refractivity contribution is -0.133. The third-order valence-corrected chi connectivity index (χ3v) is 3.01. The smallest absolute Gasteiger partial charge is 0.245 e. The number of aromatic nitrogens is 2. The molecule has 1 aromatic rings. The monoisotopic (exact) mass is 243 g/mol. The van der Waals surface area contributed by atoms with Gasteiger partial charge in [-0.05, 0) is 20.8 Å².